The summed E-state index contributed by atoms with van der Waals surface area (Å²) in [6.07, 6.45) is 0. The average Bonchev–Trinajstić information content (AvgIpc) is 3.01. The Bertz CT molecular complexity index is 955. The number of amides is 1. The number of anilines is 2. The summed E-state index contributed by atoms with van der Waals surface area (Å²) in [6.45, 7) is -0.417. The molecule has 0 radical (unpaired) electrons. The Balaban J connectivity index is 1.79. The van der Waals surface area contributed by atoms with Crippen molar-refractivity contribution < 1.29 is 18.0 Å². The molecule has 24 heavy (non-hydrogen) atoms. The van der Waals surface area contributed by atoms with Gasteiger partial charge in [0.25, 0.3) is 0 Å². The molecule has 2 heterocycles. The van der Waals surface area contributed by atoms with Crippen LogP contribution < -0.4 is 9.62 Å². The number of nitrogens with zero attached hydrogens (tertiary/aromatic N) is 2. The first-order valence-corrected chi connectivity index (χ1v) is 9.31. The highest BCUT2D eigenvalue weighted by Gasteiger charge is 2.36. The summed E-state index contributed by atoms with van der Waals surface area (Å²) in [6, 6.07) is 9.68. The van der Waals surface area contributed by atoms with Crippen molar-refractivity contribution in [3.05, 3.63) is 46.2 Å². The van der Waals surface area contributed by atoms with Crippen molar-refractivity contribution in [3.63, 3.8) is 0 Å². The number of nitriles is 1. The van der Waals surface area contributed by atoms with Crippen molar-refractivity contribution in [2.45, 2.75) is 0 Å². The lowest BCUT2D eigenvalue weighted by Crippen LogP contribution is -2.44. The molecule has 0 saturated heterocycles. The fourth-order valence-corrected chi connectivity index (χ4v) is 4.69. The molecular formula is C15H11N3O4S2. The molecule has 0 spiro atoms. The number of ketones is 1. The lowest BCUT2D eigenvalue weighted by atomic mass is 10.2. The second-order valence-electron chi connectivity index (χ2n) is 5.06. The molecule has 7 nitrogen and oxygen atoms in total. The molecule has 0 unspecified atom stereocenters. The minimum atomic E-state index is -3.87. The molecule has 2 aromatic rings. The zero-order chi connectivity index (χ0) is 17.3. The summed E-state index contributed by atoms with van der Waals surface area (Å²) < 4.78 is 25.4. The second-order valence-corrected chi connectivity index (χ2v) is 7.87. The van der Waals surface area contributed by atoms with E-state index in [9.17, 15) is 18.0 Å². The van der Waals surface area contributed by atoms with Crippen LogP contribution in [0, 0.1) is 11.3 Å². The Labute approximate surface area is 142 Å². The van der Waals surface area contributed by atoms with Crippen molar-refractivity contribution in [2.75, 3.05) is 21.9 Å². The molecule has 9 heteroatoms. The number of thiophene rings is 1. The van der Waals surface area contributed by atoms with Crippen LogP contribution in [-0.2, 0) is 14.8 Å². The van der Waals surface area contributed by atoms with Gasteiger partial charge in [0.05, 0.1) is 22.2 Å². The number of rotatable bonds is 3. The quantitative estimate of drug-likeness (QED) is 0.893. The van der Waals surface area contributed by atoms with E-state index in [4.69, 9.17) is 5.26 Å². The van der Waals surface area contributed by atoms with E-state index in [1.807, 2.05) is 6.07 Å². The molecule has 0 fully saturated rings. The number of nitrogens with one attached hydrogen (secondary N) is 1. The van der Waals surface area contributed by atoms with Gasteiger partial charge in [-0.15, -0.1) is 11.3 Å². The van der Waals surface area contributed by atoms with E-state index in [0.29, 0.717) is 16.1 Å². The van der Waals surface area contributed by atoms with Gasteiger partial charge in [-0.05, 0) is 35.7 Å². The summed E-state index contributed by atoms with van der Waals surface area (Å²) >= 11 is 1.16. The maximum absolute atomic E-state index is 12.2. The van der Waals surface area contributed by atoms with Crippen LogP contribution in [0.3, 0.4) is 0 Å². The Morgan fingerprint density at radius 2 is 2.00 bits per heavy atom. The molecule has 1 aliphatic heterocycles. The Hall–Kier alpha value is -2.70. The van der Waals surface area contributed by atoms with E-state index >= 15 is 0 Å². The van der Waals surface area contributed by atoms with Crippen molar-refractivity contribution in [1.82, 2.24) is 0 Å². The zero-order valence-electron chi connectivity index (χ0n) is 12.2. The maximum atomic E-state index is 12.2. The van der Waals surface area contributed by atoms with Gasteiger partial charge in [0.15, 0.2) is 5.78 Å². The predicted octanol–water partition coefficient (Wildman–Crippen LogP) is 1.59. The number of hydrogen-bond acceptors (Lipinski definition) is 6. The van der Waals surface area contributed by atoms with Gasteiger partial charge in [-0.2, -0.15) is 5.26 Å². The van der Waals surface area contributed by atoms with Gasteiger partial charge in [0, 0.05) is 5.69 Å². The number of carbonyl (C=O) groups excluding carboxylic acids is 2. The van der Waals surface area contributed by atoms with Gasteiger partial charge in [0.1, 0.15) is 12.3 Å². The van der Waals surface area contributed by atoms with Crippen molar-refractivity contribution >= 4 is 44.4 Å². The third-order valence-electron chi connectivity index (χ3n) is 3.40. The van der Waals surface area contributed by atoms with Gasteiger partial charge >= 0.3 is 0 Å². The van der Waals surface area contributed by atoms with Crippen LogP contribution in [0.4, 0.5) is 11.4 Å². The monoisotopic (exact) mass is 361 g/mol. The van der Waals surface area contributed by atoms with Crippen LogP contribution in [0.1, 0.15) is 15.2 Å². The van der Waals surface area contributed by atoms with E-state index < -0.39 is 34.0 Å². The van der Waals surface area contributed by atoms with E-state index in [-0.39, 0.29) is 5.69 Å². The normalized spacial score (nSPS) is 15.5. The molecule has 3 rings (SSSR count). The number of fused-ring (bicyclic) bond motifs is 1. The summed E-state index contributed by atoms with van der Waals surface area (Å²) in [4.78, 5) is 24.3. The minimum absolute atomic E-state index is 0.242. The van der Waals surface area contributed by atoms with Crippen LogP contribution in [-0.4, -0.2) is 32.4 Å². The summed E-state index contributed by atoms with van der Waals surface area (Å²) in [7, 11) is -3.87. The topological polar surface area (TPSA) is 107 Å². The summed E-state index contributed by atoms with van der Waals surface area (Å²) in [5.41, 5.74) is 1.15. The number of carbonyl (C=O) groups is 2. The van der Waals surface area contributed by atoms with Crippen molar-refractivity contribution in [1.29, 1.82) is 5.26 Å². The fraction of sp³-hybridized carbons (Fsp3) is 0.133. The summed E-state index contributed by atoms with van der Waals surface area (Å²) in [5, 5.41) is 12.9. The van der Waals surface area contributed by atoms with Crippen LogP contribution in [0.15, 0.2) is 35.7 Å². The Morgan fingerprint density at radius 1 is 1.29 bits per heavy atom. The van der Waals surface area contributed by atoms with Crippen molar-refractivity contribution in [2.24, 2.45) is 0 Å². The van der Waals surface area contributed by atoms with Crippen LogP contribution in [0.2, 0.25) is 0 Å². The summed E-state index contributed by atoms with van der Waals surface area (Å²) in [5.74, 6) is -1.62. The lowest BCUT2D eigenvalue weighted by Gasteiger charge is -2.27. The SMILES string of the molecule is N#Cc1ccc(NC(=O)CN2c3ccsc3C(=O)CS2(=O)=O)cc1. The highest BCUT2D eigenvalue weighted by atomic mass is 32.2. The number of sulfonamides is 1. The first-order chi connectivity index (χ1) is 11.4. The van der Waals surface area contributed by atoms with E-state index in [0.717, 1.165) is 15.6 Å². The first-order valence-electron chi connectivity index (χ1n) is 6.82. The third kappa shape index (κ3) is 3.02. The predicted molar refractivity (Wildman–Crippen MR) is 89.6 cm³/mol. The zero-order valence-corrected chi connectivity index (χ0v) is 13.9. The van der Waals surface area contributed by atoms with Crippen LogP contribution in [0.25, 0.3) is 0 Å². The molecule has 0 saturated carbocycles. The average molecular weight is 361 g/mol. The smallest absolute Gasteiger partial charge is 0.245 e. The fourth-order valence-electron chi connectivity index (χ4n) is 2.31. The third-order valence-corrected chi connectivity index (χ3v) is 5.97. The van der Waals surface area contributed by atoms with E-state index in [1.165, 1.54) is 6.07 Å². The molecular weight excluding hydrogens is 350 g/mol. The van der Waals surface area contributed by atoms with Crippen LogP contribution in [0.5, 0.6) is 0 Å². The standard InChI is InChI=1S/C15H11N3O4S2/c16-7-10-1-3-11(4-2-10)17-14(20)8-18-12-5-6-23-15(12)13(19)9-24(18,21)22/h1-6H,8-9H2,(H,17,20). The molecule has 122 valence electrons. The van der Waals surface area contributed by atoms with E-state index in [2.05, 4.69) is 5.32 Å². The molecule has 0 atom stereocenters. The van der Waals surface area contributed by atoms with Gasteiger partial charge in [0.2, 0.25) is 15.9 Å². The van der Waals surface area contributed by atoms with Gasteiger partial charge in [-0.1, -0.05) is 0 Å². The molecule has 1 N–H and O–H groups in total. The van der Waals surface area contributed by atoms with E-state index in [1.54, 1.807) is 29.6 Å². The molecule has 0 bridgehead atoms. The molecule has 1 aromatic carbocycles. The molecule has 0 aliphatic carbocycles. The second kappa shape index (κ2) is 6.07. The largest absolute Gasteiger partial charge is 0.325 e. The van der Waals surface area contributed by atoms with Gasteiger partial charge in [-0.3, -0.25) is 13.9 Å². The number of hydrogen-bond donors (Lipinski definition) is 1. The highest BCUT2D eigenvalue weighted by Crippen LogP contribution is 2.33. The maximum Gasteiger partial charge on any atom is 0.245 e. The Kier molecular flexibility index (Phi) is 4.09. The number of Topliss-reactive ketones (excluding diaryl/α,β-unsaturated/α-hetero) is 1. The molecule has 1 amide bonds. The Morgan fingerprint density at radius 3 is 2.67 bits per heavy atom. The minimum Gasteiger partial charge on any atom is -0.325 e. The first kappa shape index (κ1) is 16.2. The van der Waals surface area contributed by atoms with Crippen molar-refractivity contribution in [3.8, 4) is 6.07 Å². The van der Waals surface area contributed by atoms with Gasteiger partial charge < -0.3 is 5.32 Å². The number of benzene rings is 1. The lowest BCUT2D eigenvalue weighted by molar-refractivity contribution is -0.114. The molecule has 1 aliphatic rings. The molecule has 1 aromatic heterocycles. The van der Waals surface area contributed by atoms with Gasteiger partial charge in [-0.25, -0.2) is 8.42 Å². The van der Waals surface area contributed by atoms with Crippen LogP contribution >= 0.6 is 11.3 Å². The highest BCUT2D eigenvalue weighted by molar-refractivity contribution is 7.93.